The lowest BCUT2D eigenvalue weighted by Gasteiger charge is -2.06. The lowest BCUT2D eigenvalue weighted by atomic mass is 9.99. The van der Waals surface area contributed by atoms with E-state index in [4.69, 9.17) is 9.47 Å². The first kappa shape index (κ1) is 12.7. The van der Waals surface area contributed by atoms with E-state index in [1.165, 1.54) is 11.1 Å². The Labute approximate surface area is 118 Å². The maximum Gasteiger partial charge on any atom is 0.231 e. The van der Waals surface area contributed by atoms with E-state index in [0.29, 0.717) is 23.5 Å². The van der Waals surface area contributed by atoms with Crippen molar-refractivity contribution in [3.63, 3.8) is 0 Å². The number of Topliss-reactive ketones (excluding diaryl/α,β-unsaturated/α-hetero) is 1. The topological polar surface area (TPSA) is 35.5 Å². The number of rotatable bonds is 3. The van der Waals surface area contributed by atoms with Crippen LogP contribution in [0.15, 0.2) is 36.4 Å². The highest BCUT2D eigenvalue weighted by molar-refractivity contribution is 5.98. The van der Waals surface area contributed by atoms with E-state index in [2.05, 4.69) is 26.0 Å². The molecule has 1 aliphatic rings. The molecular formula is C17H16O3. The van der Waals surface area contributed by atoms with Crippen LogP contribution < -0.4 is 9.47 Å². The van der Waals surface area contributed by atoms with Gasteiger partial charge in [0.2, 0.25) is 6.79 Å². The van der Waals surface area contributed by atoms with Crippen molar-refractivity contribution in [1.82, 2.24) is 0 Å². The average Bonchev–Trinajstić information content (AvgIpc) is 2.90. The van der Waals surface area contributed by atoms with E-state index in [-0.39, 0.29) is 12.6 Å². The zero-order valence-corrected chi connectivity index (χ0v) is 11.6. The van der Waals surface area contributed by atoms with Crippen molar-refractivity contribution in [3.8, 4) is 11.5 Å². The van der Waals surface area contributed by atoms with Gasteiger partial charge in [0.1, 0.15) is 0 Å². The van der Waals surface area contributed by atoms with E-state index in [9.17, 15) is 4.79 Å². The molecular weight excluding hydrogens is 252 g/mol. The fraction of sp³-hybridized carbons (Fsp3) is 0.235. The Hall–Kier alpha value is -2.29. The van der Waals surface area contributed by atoms with Gasteiger partial charge in [0.15, 0.2) is 17.3 Å². The quantitative estimate of drug-likeness (QED) is 0.800. The molecule has 102 valence electrons. The smallest absolute Gasteiger partial charge is 0.231 e. The van der Waals surface area contributed by atoms with Crippen molar-refractivity contribution in [2.45, 2.75) is 20.3 Å². The molecule has 3 nitrogen and oxygen atoms in total. The van der Waals surface area contributed by atoms with Crippen LogP contribution in [0.3, 0.4) is 0 Å². The molecule has 3 heteroatoms. The van der Waals surface area contributed by atoms with Crippen molar-refractivity contribution in [2.75, 3.05) is 6.79 Å². The van der Waals surface area contributed by atoms with Crippen molar-refractivity contribution < 1.29 is 14.3 Å². The van der Waals surface area contributed by atoms with E-state index >= 15 is 0 Å². The van der Waals surface area contributed by atoms with E-state index in [0.717, 1.165) is 5.56 Å². The van der Waals surface area contributed by atoms with Crippen molar-refractivity contribution in [2.24, 2.45) is 0 Å². The summed E-state index contributed by atoms with van der Waals surface area (Å²) in [7, 11) is 0. The Morgan fingerprint density at radius 1 is 1.00 bits per heavy atom. The fourth-order valence-electron chi connectivity index (χ4n) is 2.27. The average molecular weight is 268 g/mol. The highest BCUT2D eigenvalue weighted by Crippen LogP contribution is 2.32. The van der Waals surface area contributed by atoms with Crippen molar-refractivity contribution in [1.29, 1.82) is 0 Å². The summed E-state index contributed by atoms with van der Waals surface area (Å²) in [6.07, 6.45) is 0.404. The van der Waals surface area contributed by atoms with Crippen LogP contribution in [0.1, 0.15) is 27.0 Å². The predicted octanol–water partition coefficient (Wildman–Crippen LogP) is 3.46. The molecule has 0 bridgehead atoms. The number of ether oxygens (including phenoxy) is 2. The van der Waals surface area contributed by atoms with Gasteiger partial charge in [-0.3, -0.25) is 4.79 Å². The zero-order chi connectivity index (χ0) is 14.1. The largest absolute Gasteiger partial charge is 0.454 e. The van der Waals surface area contributed by atoms with Gasteiger partial charge >= 0.3 is 0 Å². The van der Waals surface area contributed by atoms with Crippen LogP contribution in [0.5, 0.6) is 11.5 Å². The molecule has 1 aliphatic heterocycles. The number of carbonyl (C=O) groups is 1. The highest BCUT2D eigenvalue weighted by Gasteiger charge is 2.16. The number of carbonyl (C=O) groups excluding carboxylic acids is 1. The summed E-state index contributed by atoms with van der Waals surface area (Å²) >= 11 is 0. The summed E-state index contributed by atoms with van der Waals surface area (Å²) < 4.78 is 10.5. The second kappa shape index (κ2) is 5.00. The Bertz CT molecular complexity index is 674. The monoisotopic (exact) mass is 268 g/mol. The summed E-state index contributed by atoms with van der Waals surface area (Å²) in [5.74, 6) is 1.44. The summed E-state index contributed by atoms with van der Waals surface area (Å²) in [5.41, 5.74) is 4.15. The van der Waals surface area contributed by atoms with Crippen LogP contribution in [-0.4, -0.2) is 12.6 Å². The second-order valence-electron chi connectivity index (χ2n) is 5.09. The molecule has 0 radical (unpaired) electrons. The van der Waals surface area contributed by atoms with Crippen LogP contribution in [0.25, 0.3) is 0 Å². The maximum atomic E-state index is 12.3. The van der Waals surface area contributed by atoms with Gasteiger partial charge in [0.25, 0.3) is 0 Å². The molecule has 2 aromatic rings. The lowest BCUT2D eigenvalue weighted by molar-refractivity contribution is 0.0992. The fourth-order valence-corrected chi connectivity index (χ4v) is 2.27. The third-order valence-electron chi connectivity index (χ3n) is 3.63. The summed E-state index contributed by atoms with van der Waals surface area (Å²) in [6, 6.07) is 11.5. The first-order valence-electron chi connectivity index (χ1n) is 6.62. The van der Waals surface area contributed by atoms with Gasteiger partial charge in [-0.2, -0.15) is 0 Å². The molecule has 0 aromatic heterocycles. The molecule has 0 spiro atoms. The van der Waals surface area contributed by atoms with Crippen LogP contribution >= 0.6 is 0 Å². The maximum absolute atomic E-state index is 12.3. The number of ketones is 1. The summed E-state index contributed by atoms with van der Waals surface area (Å²) in [4.78, 5) is 12.3. The van der Waals surface area contributed by atoms with Crippen LogP contribution in [0.2, 0.25) is 0 Å². The number of benzene rings is 2. The minimum absolute atomic E-state index is 0.0894. The molecule has 2 aromatic carbocycles. The van der Waals surface area contributed by atoms with Gasteiger partial charge in [-0.25, -0.2) is 0 Å². The zero-order valence-electron chi connectivity index (χ0n) is 11.6. The molecule has 20 heavy (non-hydrogen) atoms. The third kappa shape index (κ3) is 2.39. The SMILES string of the molecule is Cc1ccc(CC(=O)c2ccc3c(c2)OCO3)cc1C. The van der Waals surface area contributed by atoms with Gasteiger partial charge in [0.05, 0.1) is 0 Å². The molecule has 0 saturated heterocycles. The van der Waals surface area contributed by atoms with E-state index < -0.39 is 0 Å². The van der Waals surface area contributed by atoms with Crippen LogP contribution in [0.4, 0.5) is 0 Å². The summed E-state index contributed by atoms with van der Waals surface area (Å²) in [5, 5.41) is 0. The first-order valence-corrected chi connectivity index (χ1v) is 6.62. The van der Waals surface area contributed by atoms with E-state index in [1.807, 2.05) is 6.07 Å². The van der Waals surface area contributed by atoms with Gasteiger partial charge < -0.3 is 9.47 Å². The number of aryl methyl sites for hydroxylation is 2. The van der Waals surface area contributed by atoms with Crippen molar-refractivity contribution >= 4 is 5.78 Å². The third-order valence-corrected chi connectivity index (χ3v) is 3.63. The van der Waals surface area contributed by atoms with Gasteiger partial charge in [0, 0.05) is 12.0 Å². The number of hydrogen-bond donors (Lipinski definition) is 0. The molecule has 0 fully saturated rings. The number of fused-ring (bicyclic) bond motifs is 1. The van der Waals surface area contributed by atoms with Crippen LogP contribution in [0, 0.1) is 13.8 Å². The molecule has 0 N–H and O–H groups in total. The number of hydrogen-bond acceptors (Lipinski definition) is 3. The van der Waals surface area contributed by atoms with Gasteiger partial charge in [-0.15, -0.1) is 0 Å². The predicted molar refractivity (Wildman–Crippen MR) is 76.5 cm³/mol. The van der Waals surface area contributed by atoms with Gasteiger partial charge in [-0.1, -0.05) is 18.2 Å². The Morgan fingerprint density at radius 2 is 1.80 bits per heavy atom. The molecule has 1 heterocycles. The van der Waals surface area contributed by atoms with E-state index in [1.54, 1.807) is 18.2 Å². The van der Waals surface area contributed by atoms with Crippen molar-refractivity contribution in [3.05, 3.63) is 58.7 Å². The molecule has 0 unspecified atom stereocenters. The van der Waals surface area contributed by atoms with Crippen LogP contribution in [-0.2, 0) is 6.42 Å². The second-order valence-corrected chi connectivity index (χ2v) is 5.09. The molecule has 3 rings (SSSR count). The Kier molecular flexibility index (Phi) is 3.18. The molecule has 0 atom stereocenters. The molecule has 0 saturated carbocycles. The minimum atomic E-state index is 0.0894. The molecule has 0 aliphatic carbocycles. The standard InChI is InChI=1S/C17H16O3/c1-11-3-4-13(7-12(11)2)8-15(18)14-5-6-16-17(9-14)20-10-19-16/h3-7,9H,8,10H2,1-2H3. The highest BCUT2D eigenvalue weighted by atomic mass is 16.7. The Morgan fingerprint density at radius 3 is 2.60 bits per heavy atom. The first-order chi connectivity index (χ1) is 9.63. The van der Waals surface area contributed by atoms with Gasteiger partial charge in [-0.05, 0) is 48.7 Å². The minimum Gasteiger partial charge on any atom is -0.454 e. The molecule has 0 amide bonds. The lowest BCUT2D eigenvalue weighted by Crippen LogP contribution is -2.04. The normalized spacial score (nSPS) is 12.5. The Balaban J connectivity index is 1.80. The summed E-state index contributed by atoms with van der Waals surface area (Å²) in [6.45, 7) is 4.35.